The molecule has 0 fully saturated rings. The van der Waals surface area contributed by atoms with Crippen molar-refractivity contribution in [2.75, 3.05) is 13.2 Å². The summed E-state index contributed by atoms with van der Waals surface area (Å²) in [6.07, 6.45) is 0.950. The number of hydrogen-bond donors (Lipinski definition) is 2. The average Bonchev–Trinajstić information content (AvgIpc) is 2.35. The zero-order valence-corrected chi connectivity index (χ0v) is 11.4. The summed E-state index contributed by atoms with van der Waals surface area (Å²) in [5, 5.41) is 8.87. The average molecular weight is 267 g/mol. The minimum Gasteiger partial charge on any atom is -0.494 e. The molecule has 0 saturated carbocycles. The van der Waals surface area contributed by atoms with E-state index in [-0.39, 0.29) is 0 Å². The fourth-order valence-electron chi connectivity index (χ4n) is 1.56. The Morgan fingerprint density at radius 1 is 1.37 bits per heavy atom. The molecule has 0 aliphatic heterocycles. The van der Waals surface area contributed by atoms with Crippen LogP contribution in [0.2, 0.25) is 0 Å². The van der Waals surface area contributed by atoms with Crippen molar-refractivity contribution < 1.29 is 19.4 Å². The van der Waals surface area contributed by atoms with Crippen LogP contribution in [-0.2, 0) is 4.79 Å². The maximum absolute atomic E-state index is 10.8. The van der Waals surface area contributed by atoms with Crippen LogP contribution in [0.15, 0.2) is 24.3 Å². The molecule has 0 aliphatic rings. The maximum atomic E-state index is 10.8. The molecule has 1 atom stereocenters. The molecule has 19 heavy (non-hydrogen) atoms. The summed E-state index contributed by atoms with van der Waals surface area (Å²) >= 11 is 0. The molecule has 0 amide bonds. The topological polar surface area (TPSA) is 81.8 Å². The van der Waals surface area contributed by atoms with Gasteiger partial charge in [-0.1, -0.05) is 6.07 Å². The highest BCUT2D eigenvalue weighted by molar-refractivity contribution is 5.77. The first-order valence-corrected chi connectivity index (χ1v) is 6.33. The minimum absolute atomic E-state index is 0.369. The van der Waals surface area contributed by atoms with E-state index in [4.69, 9.17) is 20.3 Å². The Hall–Kier alpha value is -1.75. The van der Waals surface area contributed by atoms with Crippen LogP contribution in [0.3, 0.4) is 0 Å². The summed E-state index contributed by atoms with van der Waals surface area (Å²) in [6.45, 7) is 4.45. The lowest BCUT2D eigenvalue weighted by atomic mass is 9.98. The number of nitrogens with two attached hydrogens (primary N) is 1. The van der Waals surface area contributed by atoms with Crippen LogP contribution in [0.5, 0.6) is 11.5 Å². The zero-order chi connectivity index (χ0) is 14.3. The van der Waals surface area contributed by atoms with E-state index in [1.54, 1.807) is 0 Å². The Balaban J connectivity index is 2.37. The van der Waals surface area contributed by atoms with Gasteiger partial charge in [-0.2, -0.15) is 0 Å². The smallest absolute Gasteiger partial charge is 0.323 e. The summed E-state index contributed by atoms with van der Waals surface area (Å²) in [6, 6.07) is 7.35. The number of carboxylic acid groups (broad SMARTS) is 1. The summed E-state index contributed by atoms with van der Waals surface area (Å²) < 4.78 is 10.9. The van der Waals surface area contributed by atoms with Gasteiger partial charge in [-0.05, 0) is 38.8 Å². The molecule has 0 saturated heterocycles. The van der Waals surface area contributed by atoms with E-state index in [1.165, 1.54) is 6.92 Å². The van der Waals surface area contributed by atoms with E-state index in [2.05, 4.69) is 0 Å². The van der Waals surface area contributed by atoms with Gasteiger partial charge in [0, 0.05) is 6.07 Å². The van der Waals surface area contributed by atoms with Crippen LogP contribution < -0.4 is 15.2 Å². The predicted octanol–water partition coefficient (Wildman–Crippen LogP) is 2.05. The van der Waals surface area contributed by atoms with Gasteiger partial charge in [0.1, 0.15) is 17.0 Å². The molecule has 3 N–H and O–H groups in total. The predicted molar refractivity (Wildman–Crippen MR) is 72.6 cm³/mol. The number of benzene rings is 1. The van der Waals surface area contributed by atoms with Crippen LogP contribution in [0.1, 0.15) is 26.7 Å². The van der Waals surface area contributed by atoms with Gasteiger partial charge in [-0.25, -0.2) is 0 Å². The lowest BCUT2D eigenvalue weighted by Crippen LogP contribution is -2.44. The van der Waals surface area contributed by atoms with Crippen LogP contribution in [0.25, 0.3) is 0 Å². The first kappa shape index (κ1) is 15.3. The third kappa shape index (κ3) is 5.18. The molecule has 5 heteroatoms. The maximum Gasteiger partial charge on any atom is 0.323 e. The van der Waals surface area contributed by atoms with Crippen molar-refractivity contribution in [1.82, 2.24) is 0 Å². The molecule has 5 nitrogen and oxygen atoms in total. The van der Waals surface area contributed by atoms with Crippen LogP contribution in [-0.4, -0.2) is 29.8 Å². The Bertz CT molecular complexity index is 418. The number of hydrogen-bond acceptors (Lipinski definition) is 4. The Kier molecular flexibility index (Phi) is 5.63. The highest BCUT2D eigenvalue weighted by Crippen LogP contribution is 2.20. The Morgan fingerprint density at radius 3 is 2.58 bits per heavy atom. The molecule has 0 bridgehead atoms. The van der Waals surface area contributed by atoms with Crippen molar-refractivity contribution >= 4 is 5.97 Å². The summed E-state index contributed by atoms with van der Waals surface area (Å²) in [7, 11) is 0. The van der Waals surface area contributed by atoms with E-state index in [0.717, 1.165) is 5.75 Å². The summed E-state index contributed by atoms with van der Waals surface area (Å²) in [4.78, 5) is 10.8. The van der Waals surface area contributed by atoms with Gasteiger partial charge in [-0.3, -0.25) is 4.79 Å². The number of aliphatic carboxylic acids is 1. The highest BCUT2D eigenvalue weighted by Gasteiger charge is 2.26. The van der Waals surface area contributed by atoms with Crippen molar-refractivity contribution in [3.63, 3.8) is 0 Å². The first-order valence-electron chi connectivity index (χ1n) is 6.33. The van der Waals surface area contributed by atoms with Gasteiger partial charge >= 0.3 is 5.97 Å². The van der Waals surface area contributed by atoms with Gasteiger partial charge in [0.15, 0.2) is 0 Å². The fourth-order valence-corrected chi connectivity index (χ4v) is 1.56. The van der Waals surface area contributed by atoms with Crippen molar-refractivity contribution in [2.45, 2.75) is 32.2 Å². The van der Waals surface area contributed by atoms with E-state index < -0.39 is 11.5 Å². The molecule has 106 valence electrons. The largest absolute Gasteiger partial charge is 0.494 e. The molecule has 1 rings (SSSR count). The minimum atomic E-state index is -1.20. The molecule has 1 unspecified atom stereocenters. The third-order valence-electron chi connectivity index (χ3n) is 2.71. The molecule has 1 aromatic carbocycles. The monoisotopic (exact) mass is 267 g/mol. The second-order valence-electron chi connectivity index (χ2n) is 4.58. The van der Waals surface area contributed by atoms with Crippen LogP contribution >= 0.6 is 0 Å². The molecule has 1 aromatic rings. The van der Waals surface area contributed by atoms with Gasteiger partial charge < -0.3 is 20.3 Å². The second-order valence-corrected chi connectivity index (χ2v) is 4.58. The number of carbonyl (C=O) groups is 1. The first-order chi connectivity index (χ1) is 8.95. The SMILES string of the molecule is CCOc1cccc(OCCCC(C)(N)C(=O)O)c1. The highest BCUT2D eigenvalue weighted by atomic mass is 16.5. The summed E-state index contributed by atoms with van der Waals surface area (Å²) in [5.74, 6) is 0.472. The van der Waals surface area contributed by atoms with Crippen molar-refractivity contribution in [2.24, 2.45) is 5.73 Å². The van der Waals surface area contributed by atoms with Gasteiger partial charge in [-0.15, -0.1) is 0 Å². The quantitative estimate of drug-likeness (QED) is 0.704. The second kappa shape index (κ2) is 6.99. The normalized spacial score (nSPS) is 13.6. The standard InChI is InChI=1S/C14H21NO4/c1-3-18-11-6-4-7-12(10-11)19-9-5-8-14(2,15)13(16)17/h4,6-7,10H,3,5,8-9,15H2,1-2H3,(H,16,17). The van der Waals surface area contributed by atoms with E-state index >= 15 is 0 Å². The Morgan fingerprint density at radius 2 is 2.00 bits per heavy atom. The molecule has 0 aromatic heterocycles. The van der Waals surface area contributed by atoms with Crippen molar-refractivity contribution in [3.8, 4) is 11.5 Å². The summed E-state index contributed by atoms with van der Waals surface area (Å²) in [5.41, 5.74) is 4.43. The molecule has 0 aliphatic carbocycles. The number of ether oxygens (including phenoxy) is 2. The number of carboxylic acids is 1. The molecule has 0 heterocycles. The van der Waals surface area contributed by atoms with Crippen molar-refractivity contribution in [3.05, 3.63) is 24.3 Å². The van der Waals surface area contributed by atoms with E-state index in [0.29, 0.717) is 31.8 Å². The Labute approximate surface area is 113 Å². The zero-order valence-electron chi connectivity index (χ0n) is 11.4. The molecule has 0 spiro atoms. The van der Waals surface area contributed by atoms with E-state index in [9.17, 15) is 4.79 Å². The van der Waals surface area contributed by atoms with Gasteiger partial charge in [0.05, 0.1) is 13.2 Å². The van der Waals surface area contributed by atoms with Crippen LogP contribution in [0, 0.1) is 0 Å². The fraction of sp³-hybridized carbons (Fsp3) is 0.500. The lowest BCUT2D eigenvalue weighted by Gasteiger charge is -2.18. The van der Waals surface area contributed by atoms with Crippen molar-refractivity contribution in [1.29, 1.82) is 0 Å². The molecule has 0 radical (unpaired) electrons. The van der Waals surface area contributed by atoms with Gasteiger partial charge in [0.25, 0.3) is 0 Å². The number of rotatable bonds is 8. The molecular weight excluding hydrogens is 246 g/mol. The lowest BCUT2D eigenvalue weighted by molar-refractivity contribution is -0.142. The third-order valence-corrected chi connectivity index (χ3v) is 2.71. The van der Waals surface area contributed by atoms with E-state index in [1.807, 2.05) is 31.2 Å². The van der Waals surface area contributed by atoms with Crippen LogP contribution in [0.4, 0.5) is 0 Å². The van der Waals surface area contributed by atoms with Gasteiger partial charge in [0.2, 0.25) is 0 Å². The molecular formula is C14H21NO4.